The molecule has 1 aromatic heterocycles. The van der Waals surface area contributed by atoms with Crippen molar-refractivity contribution < 1.29 is 0 Å². The quantitative estimate of drug-likeness (QED) is 0.707. The van der Waals surface area contributed by atoms with E-state index in [-0.39, 0.29) is 0 Å². The highest BCUT2D eigenvalue weighted by atomic mass is 15.3. The van der Waals surface area contributed by atoms with Crippen LogP contribution in [0.3, 0.4) is 0 Å². The summed E-state index contributed by atoms with van der Waals surface area (Å²) in [4.78, 5) is 0. The molecule has 0 atom stereocenters. The Labute approximate surface area is 87.6 Å². The van der Waals surface area contributed by atoms with Crippen LogP contribution in [0.25, 0.3) is 11.3 Å². The van der Waals surface area contributed by atoms with Crippen LogP contribution in [0, 0.1) is 11.3 Å². The third kappa shape index (κ3) is 1.55. The van der Waals surface area contributed by atoms with Crippen molar-refractivity contribution in [3.05, 3.63) is 36.0 Å². The first-order valence-electron chi connectivity index (χ1n) is 4.50. The van der Waals surface area contributed by atoms with Crippen LogP contribution >= 0.6 is 0 Å². The van der Waals surface area contributed by atoms with Crippen molar-refractivity contribution in [1.29, 1.82) is 5.26 Å². The molecule has 2 aromatic rings. The predicted molar refractivity (Wildman–Crippen MR) is 57.8 cm³/mol. The van der Waals surface area contributed by atoms with Crippen LogP contribution in [0.4, 0.5) is 5.69 Å². The van der Waals surface area contributed by atoms with Gasteiger partial charge in [0.25, 0.3) is 0 Å². The Balaban J connectivity index is 2.59. The summed E-state index contributed by atoms with van der Waals surface area (Å²) < 4.78 is 1.68. The van der Waals surface area contributed by atoms with Gasteiger partial charge >= 0.3 is 0 Å². The zero-order valence-corrected chi connectivity index (χ0v) is 8.31. The van der Waals surface area contributed by atoms with E-state index in [0.717, 1.165) is 11.3 Å². The number of aromatic nitrogens is 2. The van der Waals surface area contributed by atoms with E-state index in [1.54, 1.807) is 10.9 Å². The number of hydrogen-bond acceptors (Lipinski definition) is 3. The van der Waals surface area contributed by atoms with Crippen molar-refractivity contribution in [2.24, 2.45) is 7.05 Å². The van der Waals surface area contributed by atoms with Crippen molar-refractivity contribution in [3.8, 4) is 17.3 Å². The molecule has 0 spiro atoms. The van der Waals surface area contributed by atoms with E-state index in [1.807, 2.05) is 31.3 Å². The maximum atomic E-state index is 8.92. The molecule has 0 saturated heterocycles. The molecule has 0 radical (unpaired) electrons. The van der Waals surface area contributed by atoms with Crippen molar-refractivity contribution in [2.45, 2.75) is 0 Å². The molecule has 1 aromatic carbocycles. The van der Waals surface area contributed by atoms with Crippen molar-refractivity contribution in [1.82, 2.24) is 9.78 Å². The number of nitrogen functional groups attached to an aromatic ring is 1. The molecule has 4 heteroatoms. The number of nitriles is 1. The lowest BCUT2D eigenvalue weighted by Gasteiger charge is -2.03. The number of benzene rings is 1. The summed E-state index contributed by atoms with van der Waals surface area (Å²) in [6.45, 7) is 0. The number of nitrogens with zero attached hydrogens (tertiary/aromatic N) is 3. The van der Waals surface area contributed by atoms with Gasteiger partial charge in [-0.05, 0) is 12.1 Å². The second-order valence-electron chi connectivity index (χ2n) is 3.26. The standard InChI is InChI=1S/C11H10N4/c1-15-11(9(6-12)7-14-15)8-2-4-10(13)5-3-8/h2-5,7H,13H2,1H3. The Hall–Kier alpha value is -2.28. The Morgan fingerprint density at radius 3 is 2.60 bits per heavy atom. The van der Waals surface area contributed by atoms with Crippen LogP contribution in [-0.2, 0) is 7.05 Å². The summed E-state index contributed by atoms with van der Waals surface area (Å²) in [5.41, 5.74) is 8.64. The minimum Gasteiger partial charge on any atom is -0.399 e. The summed E-state index contributed by atoms with van der Waals surface area (Å²) >= 11 is 0. The first-order valence-corrected chi connectivity index (χ1v) is 4.50. The average Bonchev–Trinajstić information content (AvgIpc) is 2.61. The van der Waals surface area contributed by atoms with E-state index in [9.17, 15) is 0 Å². The highest BCUT2D eigenvalue weighted by molar-refractivity contribution is 5.68. The third-order valence-corrected chi connectivity index (χ3v) is 2.24. The molecular weight excluding hydrogens is 188 g/mol. The van der Waals surface area contributed by atoms with Gasteiger partial charge in [0.1, 0.15) is 6.07 Å². The van der Waals surface area contributed by atoms with Crippen LogP contribution < -0.4 is 5.73 Å². The van der Waals surface area contributed by atoms with Crippen molar-refractivity contribution in [2.75, 3.05) is 5.73 Å². The van der Waals surface area contributed by atoms with Gasteiger partial charge < -0.3 is 5.73 Å². The summed E-state index contributed by atoms with van der Waals surface area (Å²) in [7, 11) is 1.81. The molecule has 0 amide bonds. The lowest BCUT2D eigenvalue weighted by Crippen LogP contribution is -1.94. The van der Waals surface area contributed by atoms with E-state index in [4.69, 9.17) is 11.0 Å². The van der Waals surface area contributed by atoms with Crippen LogP contribution in [0.5, 0.6) is 0 Å². The zero-order chi connectivity index (χ0) is 10.8. The Kier molecular flexibility index (Phi) is 2.14. The van der Waals surface area contributed by atoms with Crippen LogP contribution in [-0.4, -0.2) is 9.78 Å². The largest absolute Gasteiger partial charge is 0.399 e. The molecule has 1 heterocycles. The maximum absolute atomic E-state index is 8.92. The fourth-order valence-corrected chi connectivity index (χ4v) is 1.50. The molecule has 2 N–H and O–H groups in total. The molecule has 0 aliphatic carbocycles. The maximum Gasteiger partial charge on any atom is 0.103 e. The van der Waals surface area contributed by atoms with E-state index in [2.05, 4.69) is 11.2 Å². The second kappa shape index (κ2) is 3.46. The number of aryl methyl sites for hydroxylation is 1. The molecule has 0 bridgehead atoms. The highest BCUT2D eigenvalue weighted by Gasteiger charge is 2.09. The topological polar surface area (TPSA) is 67.6 Å². The minimum absolute atomic E-state index is 0.572. The number of anilines is 1. The smallest absolute Gasteiger partial charge is 0.103 e. The molecule has 15 heavy (non-hydrogen) atoms. The summed E-state index contributed by atoms with van der Waals surface area (Å²) in [5, 5.41) is 13.0. The lowest BCUT2D eigenvalue weighted by molar-refractivity contribution is 0.776. The normalized spacial score (nSPS) is 9.87. The highest BCUT2D eigenvalue weighted by Crippen LogP contribution is 2.23. The first-order chi connectivity index (χ1) is 7.22. The van der Waals surface area contributed by atoms with Crippen LogP contribution in [0.15, 0.2) is 30.5 Å². The van der Waals surface area contributed by atoms with Gasteiger partial charge in [-0.3, -0.25) is 4.68 Å². The zero-order valence-electron chi connectivity index (χ0n) is 8.31. The van der Waals surface area contributed by atoms with E-state index < -0.39 is 0 Å². The molecule has 0 fully saturated rings. The van der Waals surface area contributed by atoms with Gasteiger partial charge in [-0.25, -0.2) is 0 Å². The fourth-order valence-electron chi connectivity index (χ4n) is 1.50. The SMILES string of the molecule is Cn1ncc(C#N)c1-c1ccc(N)cc1. The second-order valence-corrected chi connectivity index (χ2v) is 3.26. The average molecular weight is 198 g/mol. The molecular formula is C11H10N4. The van der Waals surface area contributed by atoms with Crippen molar-refractivity contribution >= 4 is 5.69 Å². The van der Waals surface area contributed by atoms with E-state index >= 15 is 0 Å². The Bertz CT molecular complexity index is 517. The molecule has 0 aliphatic rings. The van der Waals surface area contributed by atoms with Gasteiger partial charge in [0.15, 0.2) is 0 Å². The molecule has 0 saturated carbocycles. The van der Waals surface area contributed by atoms with Gasteiger partial charge in [0.2, 0.25) is 0 Å². The van der Waals surface area contributed by atoms with E-state index in [0.29, 0.717) is 11.3 Å². The van der Waals surface area contributed by atoms with Gasteiger partial charge in [-0.1, -0.05) is 12.1 Å². The van der Waals surface area contributed by atoms with Crippen molar-refractivity contribution in [3.63, 3.8) is 0 Å². The Morgan fingerprint density at radius 1 is 1.33 bits per heavy atom. The minimum atomic E-state index is 0.572. The summed E-state index contributed by atoms with van der Waals surface area (Å²) in [6, 6.07) is 9.50. The number of nitrogens with two attached hydrogens (primary N) is 1. The molecule has 74 valence electrons. The predicted octanol–water partition coefficient (Wildman–Crippen LogP) is 1.54. The van der Waals surface area contributed by atoms with E-state index in [1.165, 1.54) is 0 Å². The summed E-state index contributed by atoms with van der Waals surface area (Å²) in [6.07, 6.45) is 1.56. The van der Waals surface area contributed by atoms with Crippen LogP contribution in [0.2, 0.25) is 0 Å². The number of hydrogen-bond donors (Lipinski definition) is 1. The monoisotopic (exact) mass is 198 g/mol. The molecule has 4 nitrogen and oxygen atoms in total. The van der Waals surface area contributed by atoms with Gasteiger partial charge in [0, 0.05) is 18.3 Å². The first kappa shape index (κ1) is 9.28. The number of rotatable bonds is 1. The summed E-state index contributed by atoms with van der Waals surface area (Å²) in [5.74, 6) is 0. The third-order valence-electron chi connectivity index (χ3n) is 2.24. The van der Waals surface area contributed by atoms with Gasteiger partial charge in [-0.15, -0.1) is 0 Å². The Morgan fingerprint density at radius 2 is 2.00 bits per heavy atom. The molecule has 0 aliphatic heterocycles. The fraction of sp³-hybridized carbons (Fsp3) is 0.0909. The van der Waals surface area contributed by atoms with Crippen LogP contribution in [0.1, 0.15) is 5.56 Å². The van der Waals surface area contributed by atoms with Gasteiger partial charge in [0.05, 0.1) is 17.5 Å². The molecule has 0 unspecified atom stereocenters. The van der Waals surface area contributed by atoms with Gasteiger partial charge in [-0.2, -0.15) is 10.4 Å². The lowest BCUT2D eigenvalue weighted by atomic mass is 10.1. The molecule has 2 rings (SSSR count).